The van der Waals surface area contributed by atoms with E-state index in [2.05, 4.69) is 10.2 Å². The summed E-state index contributed by atoms with van der Waals surface area (Å²) < 4.78 is 10.9. The van der Waals surface area contributed by atoms with Crippen LogP contribution in [-0.4, -0.2) is 24.8 Å². The normalized spacial score (nSPS) is 11.6. The molecule has 78 valence electrons. The molecule has 0 aliphatic rings. The van der Waals surface area contributed by atoms with Crippen LogP contribution in [0.3, 0.4) is 0 Å². The summed E-state index contributed by atoms with van der Waals surface area (Å²) in [5.41, 5.74) is 0.650. The third kappa shape index (κ3) is 2.12. The molecule has 0 spiro atoms. The van der Waals surface area contributed by atoms with E-state index in [9.17, 15) is 4.57 Å². The van der Waals surface area contributed by atoms with Gasteiger partial charge in [0.2, 0.25) is 0 Å². The van der Waals surface area contributed by atoms with Crippen molar-refractivity contribution in [3.05, 3.63) is 36.7 Å². The molecule has 2 aromatic rings. The highest BCUT2D eigenvalue weighted by molar-refractivity contribution is 7.60. The highest BCUT2D eigenvalue weighted by atomic mass is 31.2. The second kappa shape index (κ2) is 3.58. The lowest BCUT2D eigenvalue weighted by Gasteiger charge is -2.04. The molecule has 0 atom stereocenters. The summed E-state index contributed by atoms with van der Waals surface area (Å²) in [5.74, 6) is 0. The molecule has 0 bridgehead atoms. The van der Waals surface area contributed by atoms with Gasteiger partial charge in [-0.3, -0.25) is 4.57 Å². The van der Waals surface area contributed by atoms with Gasteiger partial charge in [0.25, 0.3) is 0 Å². The van der Waals surface area contributed by atoms with Crippen LogP contribution in [0.5, 0.6) is 0 Å². The average molecular weight is 225 g/mol. The molecule has 0 amide bonds. The lowest BCUT2D eigenvalue weighted by atomic mass is 10.3. The Balaban J connectivity index is 2.37. The second-order valence-corrected chi connectivity index (χ2v) is 4.48. The van der Waals surface area contributed by atoms with Crippen molar-refractivity contribution in [1.82, 2.24) is 15.0 Å². The maximum absolute atomic E-state index is 10.9. The van der Waals surface area contributed by atoms with E-state index >= 15 is 0 Å². The van der Waals surface area contributed by atoms with Gasteiger partial charge in [0.1, 0.15) is 0 Å². The van der Waals surface area contributed by atoms with Crippen LogP contribution >= 0.6 is 7.60 Å². The number of aromatic nitrogens is 3. The van der Waals surface area contributed by atoms with Gasteiger partial charge in [0, 0.05) is 0 Å². The fourth-order valence-corrected chi connectivity index (χ4v) is 1.67. The van der Waals surface area contributed by atoms with Crippen molar-refractivity contribution in [3.63, 3.8) is 0 Å². The molecular weight excluding hydrogens is 217 g/mol. The molecule has 0 aliphatic carbocycles. The Morgan fingerprint density at radius 3 is 2.07 bits per heavy atom. The number of nitrogens with zero attached hydrogens (tertiary/aromatic N) is 3. The third-order valence-corrected chi connectivity index (χ3v) is 2.81. The molecule has 1 aromatic heterocycles. The summed E-state index contributed by atoms with van der Waals surface area (Å²) in [5, 5.41) is 7.76. The zero-order chi connectivity index (χ0) is 10.9. The van der Waals surface area contributed by atoms with Gasteiger partial charge in [-0.25, -0.2) is 0 Å². The molecule has 7 heteroatoms. The topological polar surface area (TPSA) is 88.2 Å². The summed E-state index contributed by atoms with van der Waals surface area (Å²) in [6, 6.07) is 5.82. The summed E-state index contributed by atoms with van der Waals surface area (Å²) in [6.45, 7) is 0. The third-order valence-electron chi connectivity index (χ3n) is 1.84. The lowest BCUT2D eigenvalue weighted by molar-refractivity contribution is 0.387. The zero-order valence-electron chi connectivity index (χ0n) is 7.56. The number of hydrogen-bond acceptors (Lipinski definition) is 3. The Morgan fingerprint density at radius 2 is 1.60 bits per heavy atom. The molecule has 0 fully saturated rings. The minimum atomic E-state index is -4.16. The van der Waals surface area contributed by atoms with E-state index in [1.165, 1.54) is 29.3 Å². The van der Waals surface area contributed by atoms with Gasteiger partial charge in [0.05, 0.1) is 23.4 Å². The molecule has 15 heavy (non-hydrogen) atoms. The van der Waals surface area contributed by atoms with E-state index in [0.29, 0.717) is 5.69 Å². The van der Waals surface area contributed by atoms with Gasteiger partial charge in [-0.15, -0.1) is 0 Å². The molecule has 0 saturated carbocycles. The first-order valence-corrected chi connectivity index (χ1v) is 5.71. The van der Waals surface area contributed by atoms with Crippen molar-refractivity contribution in [2.24, 2.45) is 0 Å². The van der Waals surface area contributed by atoms with Crippen LogP contribution in [0.25, 0.3) is 5.69 Å². The van der Waals surface area contributed by atoms with Crippen molar-refractivity contribution in [2.45, 2.75) is 0 Å². The molecule has 2 N–H and O–H groups in total. The summed E-state index contributed by atoms with van der Waals surface area (Å²) in [6.07, 6.45) is 3.05. The van der Waals surface area contributed by atoms with E-state index in [-0.39, 0.29) is 5.30 Å². The van der Waals surface area contributed by atoms with E-state index in [1.54, 1.807) is 12.1 Å². The fourth-order valence-electron chi connectivity index (χ4n) is 1.13. The van der Waals surface area contributed by atoms with Crippen LogP contribution in [-0.2, 0) is 4.57 Å². The Morgan fingerprint density at radius 1 is 1.07 bits per heavy atom. The van der Waals surface area contributed by atoms with Gasteiger partial charge in [-0.05, 0) is 24.3 Å². The van der Waals surface area contributed by atoms with Gasteiger partial charge in [-0.1, -0.05) is 0 Å². The maximum atomic E-state index is 10.9. The molecule has 1 aromatic carbocycles. The smallest absolute Gasteiger partial charge is 0.321 e. The molecule has 6 nitrogen and oxygen atoms in total. The standard InChI is InChI=1S/C8H8N3O3P/c12-15(13,14)8-3-1-7(2-4-8)11-9-5-6-10-11/h1-6H,(H2,12,13,14). The average Bonchev–Trinajstić information content (AvgIpc) is 2.69. The highest BCUT2D eigenvalue weighted by Gasteiger charge is 2.16. The van der Waals surface area contributed by atoms with Crippen LogP contribution in [0.15, 0.2) is 36.7 Å². The van der Waals surface area contributed by atoms with Crippen LogP contribution < -0.4 is 5.30 Å². The van der Waals surface area contributed by atoms with Crippen LogP contribution in [0.2, 0.25) is 0 Å². The minimum Gasteiger partial charge on any atom is -0.321 e. The fraction of sp³-hybridized carbons (Fsp3) is 0. The van der Waals surface area contributed by atoms with E-state index in [0.717, 1.165) is 0 Å². The molecule has 0 aliphatic heterocycles. The number of hydrogen-bond donors (Lipinski definition) is 2. The lowest BCUT2D eigenvalue weighted by Crippen LogP contribution is -2.05. The first kappa shape index (κ1) is 10.0. The Bertz CT molecular complexity index is 488. The molecule has 0 saturated heterocycles. The monoisotopic (exact) mass is 225 g/mol. The molecule has 1 heterocycles. The van der Waals surface area contributed by atoms with E-state index < -0.39 is 7.60 Å². The number of benzene rings is 1. The molecule has 0 radical (unpaired) electrons. The van der Waals surface area contributed by atoms with E-state index in [1.807, 2.05) is 0 Å². The quantitative estimate of drug-likeness (QED) is 0.706. The first-order chi connectivity index (χ1) is 7.07. The van der Waals surface area contributed by atoms with Crippen molar-refractivity contribution in [2.75, 3.05) is 0 Å². The number of rotatable bonds is 2. The SMILES string of the molecule is O=P(O)(O)c1ccc(-n2nccn2)cc1. The Labute approximate surface area is 85.3 Å². The summed E-state index contributed by atoms with van der Waals surface area (Å²) in [7, 11) is -4.16. The van der Waals surface area contributed by atoms with Crippen LogP contribution in [0, 0.1) is 0 Å². The van der Waals surface area contributed by atoms with Crippen molar-refractivity contribution < 1.29 is 14.4 Å². The summed E-state index contributed by atoms with van der Waals surface area (Å²) in [4.78, 5) is 19.1. The van der Waals surface area contributed by atoms with Gasteiger partial charge in [-0.2, -0.15) is 15.0 Å². The summed E-state index contributed by atoms with van der Waals surface area (Å²) >= 11 is 0. The predicted octanol–water partition coefficient (Wildman–Crippen LogP) is 0.0703. The van der Waals surface area contributed by atoms with Gasteiger partial charge >= 0.3 is 7.60 Å². The minimum absolute atomic E-state index is 0.0154. The Hall–Kier alpha value is -1.49. The molecular formula is C8H8N3O3P. The van der Waals surface area contributed by atoms with Gasteiger partial charge < -0.3 is 9.79 Å². The van der Waals surface area contributed by atoms with Gasteiger partial charge in [0.15, 0.2) is 0 Å². The highest BCUT2D eigenvalue weighted by Crippen LogP contribution is 2.32. The zero-order valence-corrected chi connectivity index (χ0v) is 8.45. The second-order valence-electron chi connectivity index (χ2n) is 2.88. The Kier molecular flexibility index (Phi) is 2.40. The molecule has 0 unspecified atom stereocenters. The van der Waals surface area contributed by atoms with Crippen LogP contribution in [0.1, 0.15) is 0 Å². The van der Waals surface area contributed by atoms with E-state index in [4.69, 9.17) is 9.79 Å². The largest absolute Gasteiger partial charge is 0.356 e. The van der Waals surface area contributed by atoms with Crippen molar-refractivity contribution >= 4 is 12.9 Å². The predicted molar refractivity (Wildman–Crippen MR) is 53.0 cm³/mol. The maximum Gasteiger partial charge on any atom is 0.356 e. The van der Waals surface area contributed by atoms with Crippen LogP contribution in [0.4, 0.5) is 0 Å². The molecule has 2 rings (SSSR count). The van der Waals surface area contributed by atoms with Crippen molar-refractivity contribution in [3.8, 4) is 5.69 Å². The first-order valence-electron chi connectivity index (χ1n) is 4.10. The van der Waals surface area contributed by atoms with Crippen molar-refractivity contribution in [1.29, 1.82) is 0 Å².